The fourth-order valence-corrected chi connectivity index (χ4v) is 10.1. The molecule has 25 atom stereocenters. The van der Waals surface area contributed by atoms with E-state index in [1.807, 2.05) is 0 Å². The van der Waals surface area contributed by atoms with Crippen molar-refractivity contribution in [2.45, 2.75) is 300 Å². The minimum atomic E-state index is -2.03. The van der Waals surface area contributed by atoms with Crippen LogP contribution in [-0.2, 0) is 76.0 Å². The molecule has 5 aliphatic heterocycles. The lowest BCUT2D eigenvalue weighted by Crippen LogP contribution is -2.68. The predicted molar refractivity (Wildman–Crippen MR) is 275 cm³/mol. The molecule has 4 unspecified atom stereocenters. The molecule has 0 amide bonds. The van der Waals surface area contributed by atoms with E-state index in [2.05, 4.69) is 6.92 Å². The van der Waals surface area contributed by atoms with Gasteiger partial charge in [0.05, 0.1) is 48.5 Å². The van der Waals surface area contributed by atoms with Crippen molar-refractivity contribution >= 4 is 23.9 Å². The lowest BCUT2D eigenvalue weighted by atomic mass is 9.95. The fourth-order valence-electron chi connectivity index (χ4n) is 10.1. The first-order valence-electron chi connectivity index (χ1n) is 28.8. The van der Waals surface area contributed by atoms with E-state index in [9.17, 15) is 60.0 Å². The zero-order valence-corrected chi connectivity index (χ0v) is 47.7. The van der Waals surface area contributed by atoms with Crippen LogP contribution in [0.2, 0.25) is 0 Å². The van der Waals surface area contributed by atoms with Crippen molar-refractivity contribution in [2.75, 3.05) is 6.61 Å². The smallest absolute Gasteiger partial charge is 0.311 e. The molecular weight excluding hydrogens is 1040 g/mol. The molecule has 0 aliphatic carbocycles. The van der Waals surface area contributed by atoms with Crippen LogP contribution in [0.5, 0.6) is 0 Å². The molecule has 79 heavy (non-hydrogen) atoms. The summed E-state index contributed by atoms with van der Waals surface area (Å²) in [7, 11) is 0. The third kappa shape index (κ3) is 18.6. The van der Waals surface area contributed by atoms with Crippen molar-refractivity contribution in [1.29, 1.82) is 0 Å². The Morgan fingerprint density at radius 1 is 0.570 bits per heavy atom. The molecule has 0 radical (unpaired) electrons. The van der Waals surface area contributed by atoms with E-state index in [4.69, 9.17) is 56.8 Å². The standard InChI is InChI=1S/C55H94O24/c1-11-12-18-21-34-22-19-16-14-13-15-17-20-23-36(58)74-48-45(77-52-43(65)42(64)44(32(9)70-52)76-51(67)28(5)30(7)57)33(10)71-55(49(48)75-37(59)24-26(2)3)79-47-41(63)39(61)35(25-68-50(66)27(4)29(6)56)73-54(47)78-46-40(62)38(60)31(8)69-53(46)72-34/h26-35,38-49,52-57,60-65H,11-25H2,1-10H3/t27?,28?,29?,30?,31-,32-,33+,34+,35-,38-,39-,40+,41+,42-,43-,44-,45+,46-,47-,48-,49-,52+,53+,54+,55+/m1/s1. The lowest BCUT2D eigenvalue weighted by molar-refractivity contribution is -0.399. The van der Waals surface area contributed by atoms with Crippen LogP contribution in [0.1, 0.15) is 159 Å². The lowest BCUT2D eigenvalue weighted by Gasteiger charge is -2.50. The molecule has 8 N–H and O–H groups in total. The maximum Gasteiger partial charge on any atom is 0.311 e. The van der Waals surface area contributed by atoms with Gasteiger partial charge in [-0.1, -0.05) is 78.6 Å². The van der Waals surface area contributed by atoms with Gasteiger partial charge in [-0.2, -0.15) is 0 Å². The summed E-state index contributed by atoms with van der Waals surface area (Å²) in [6.07, 6.45) is -25.9. The largest absolute Gasteiger partial charge is 0.463 e. The average molecular weight is 1140 g/mol. The molecule has 5 heterocycles. The summed E-state index contributed by atoms with van der Waals surface area (Å²) in [6, 6.07) is 0. The number of fused-ring (bicyclic) bond motifs is 4. The van der Waals surface area contributed by atoms with E-state index >= 15 is 0 Å². The molecule has 0 aromatic heterocycles. The topological polar surface area (TPSA) is 341 Å². The van der Waals surface area contributed by atoms with E-state index in [0.717, 1.165) is 51.4 Å². The van der Waals surface area contributed by atoms with Gasteiger partial charge in [0.1, 0.15) is 67.6 Å². The molecule has 0 aromatic rings. The summed E-state index contributed by atoms with van der Waals surface area (Å²) in [5.74, 6) is -5.52. The third-order valence-corrected chi connectivity index (χ3v) is 15.6. The summed E-state index contributed by atoms with van der Waals surface area (Å²) in [6.45, 7) is 15.0. The number of carbonyl (C=O) groups excluding carboxylic acids is 4. The molecular formula is C55H94O24. The van der Waals surface area contributed by atoms with E-state index in [1.54, 1.807) is 20.8 Å². The number of ether oxygens (including phenoxy) is 12. The minimum Gasteiger partial charge on any atom is -0.463 e. The number of esters is 4. The Hall–Kier alpha value is -2.76. The van der Waals surface area contributed by atoms with E-state index in [1.165, 1.54) is 41.5 Å². The second-order valence-corrected chi connectivity index (χ2v) is 22.8. The Morgan fingerprint density at radius 2 is 1.14 bits per heavy atom. The molecule has 24 heteroatoms. The van der Waals surface area contributed by atoms with Gasteiger partial charge in [-0.3, -0.25) is 19.2 Å². The number of hydrogen-bond acceptors (Lipinski definition) is 24. The molecule has 24 nitrogen and oxygen atoms in total. The van der Waals surface area contributed by atoms with E-state index in [-0.39, 0.29) is 24.9 Å². The fraction of sp³-hybridized carbons (Fsp3) is 0.927. The highest BCUT2D eigenvalue weighted by molar-refractivity contribution is 5.73. The Kier molecular flexibility index (Phi) is 27.0. The highest BCUT2D eigenvalue weighted by atomic mass is 16.8. The number of carbonyl (C=O) groups is 4. The first-order chi connectivity index (χ1) is 37.3. The normalized spacial score (nSPS) is 40.1. The van der Waals surface area contributed by atoms with Crippen molar-refractivity contribution in [1.82, 2.24) is 0 Å². The highest BCUT2D eigenvalue weighted by Crippen LogP contribution is 2.38. The van der Waals surface area contributed by atoms with Gasteiger partial charge in [-0.25, -0.2) is 0 Å². The van der Waals surface area contributed by atoms with E-state index in [0.29, 0.717) is 25.7 Å². The second kappa shape index (κ2) is 31.8. The summed E-state index contributed by atoms with van der Waals surface area (Å²) in [4.78, 5) is 53.8. The van der Waals surface area contributed by atoms with Crippen molar-refractivity contribution in [3.63, 3.8) is 0 Å². The Labute approximate surface area is 464 Å². The van der Waals surface area contributed by atoms with Crippen LogP contribution in [0.25, 0.3) is 0 Å². The quantitative estimate of drug-likeness (QED) is 0.0623. The van der Waals surface area contributed by atoms with Crippen LogP contribution in [-0.4, -0.2) is 212 Å². The monoisotopic (exact) mass is 1140 g/mol. The minimum absolute atomic E-state index is 0.0830. The predicted octanol–water partition coefficient (Wildman–Crippen LogP) is 2.12. The average Bonchev–Trinajstić information content (AvgIpc) is 3.44. The molecule has 2 bridgehead atoms. The first kappa shape index (κ1) is 67.0. The highest BCUT2D eigenvalue weighted by Gasteiger charge is 2.58. The van der Waals surface area contributed by atoms with Gasteiger partial charge < -0.3 is 97.7 Å². The van der Waals surface area contributed by atoms with Crippen LogP contribution in [0.4, 0.5) is 0 Å². The van der Waals surface area contributed by atoms with Crippen LogP contribution in [0.15, 0.2) is 0 Å². The Balaban J connectivity index is 1.58. The number of unbranched alkanes of at least 4 members (excludes halogenated alkanes) is 2. The summed E-state index contributed by atoms with van der Waals surface area (Å²) >= 11 is 0. The third-order valence-electron chi connectivity index (χ3n) is 15.6. The summed E-state index contributed by atoms with van der Waals surface area (Å²) < 4.78 is 74.4. The molecule has 5 saturated heterocycles. The molecule has 5 rings (SSSR count). The van der Waals surface area contributed by atoms with E-state index < -0.39 is 177 Å². The van der Waals surface area contributed by atoms with Gasteiger partial charge in [-0.05, 0) is 73.6 Å². The van der Waals surface area contributed by atoms with Crippen molar-refractivity contribution in [3.8, 4) is 0 Å². The molecule has 0 spiro atoms. The van der Waals surface area contributed by atoms with Gasteiger partial charge in [0.15, 0.2) is 43.5 Å². The SMILES string of the molecule is CCCCC[C@H]1CCCCCCCCCC(=O)O[C@@H]2[C@@H](O[C@@H]3O[C@H](C)[C@@H](OC(=O)C(C)C(C)O)[C@H](O)[C@H]3O)[C@H](C)O[C@@H](O[C@H]3[C@H](O[C@H]4[C@H](O1)O[C@H](C)[C@@H](O)[C@@H]4O)O[C@H](COC(=O)C(C)C(C)O)[C@@H](O)[C@@H]3O)[C@@H]2OC(=O)CC(C)C. The Morgan fingerprint density at radius 3 is 1.77 bits per heavy atom. The van der Waals surface area contributed by atoms with Crippen LogP contribution in [0.3, 0.4) is 0 Å². The van der Waals surface area contributed by atoms with Crippen molar-refractivity contribution in [2.24, 2.45) is 17.8 Å². The summed E-state index contributed by atoms with van der Waals surface area (Å²) in [5, 5.41) is 90.0. The van der Waals surface area contributed by atoms with Gasteiger partial charge in [-0.15, -0.1) is 0 Å². The molecule has 0 saturated carbocycles. The van der Waals surface area contributed by atoms with Gasteiger partial charge in [0.2, 0.25) is 0 Å². The second-order valence-electron chi connectivity index (χ2n) is 22.8. The molecule has 5 fully saturated rings. The van der Waals surface area contributed by atoms with Crippen LogP contribution in [0, 0.1) is 17.8 Å². The van der Waals surface area contributed by atoms with Gasteiger partial charge in [0, 0.05) is 12.8 Å². The number of hydrogen-bond donors (Lipinski definition) is 8. The molecule has 5 aliphatic rings. The van der Waals surface area contributed by atoms with Crippen molar-refractivity contribution in [3.05, 3.63) is 0 Å². The number of aliphatic hydroxyl groups excluding tert-OH is 8. The maximum absolute atomic E-state index is 14.1. The number of aliphatic hydroxyl groups is 8. The zero-order valence-electron chi connectivity index (χ0n) is 47.7. The zero-order chi connectivity index (χ0) is 58.4. The number of rotatable bonds is 16. The van der Waals surface area contributed by atoms with Crippen LogP contribution >= 0.6 is 0 Å². The van der Waals surface area contributed by atoms with Crippen LogP contribution < -0.4 is 0 Å². The van der Waals surface area contributed by atoms with Crippen molar-refractivity contribution < 1.29 is 117 Å². The Bertz CT molecular complexity index is 1860. The first-order valence-corrected chi connectivity index (χ1v) is 28.8. The maximum atomic E-state index is 14.1. The summed E-state index contributed by atoms with van der Waals surface area (Å²) in [5.41, 5.74) is 0. The van der Waals surface area contributed by atoms with Gasteiger partial charge in [0.25, 0.3) is 0 Å². The molecule has 458 valence electrons. The van der Waals surface area contributed by atoms with Gasteiger partial charge >= 0.3 is 23.9 Å². The molecule has 0 aromatic carbocycles.